The summed E-state index contributed by atoms with van der Waals surface area (Å²) in [6.07, 6.45) is 1.97. The predicted molar refractivity (Wildman–Crippen MR) is 113 cm³/mol. The molecule has 1 aromatic heterocycles. The van der Waals surface area contributed by atoms with Gasteiger partial charge in [0.25, 0.3) is 0 Å². The molecular weight excluding hydrogens is 366 g/mol. The molecule has 0 saturated heterocycles. The van der Waals surface area contributed by atoms with Crippen molar-refractivity contribution in [3.8, 4) is 11.5 Å². The van der Waals surface area contributed by atoms with E-state index in [9.17, 15) is 4.79 Å². The number of nitrogens with zero attached hydrogens (tertiary/aromatic N) is 1. The fourth-order valence-corrected chi connectivity index (χ4v) is 3.63. The third-order valence-corrected chi connectivity index (χ3v) is 5.21. The van der Waals surface area contributed by atoms with Crippen LogP contribution in [0.1, 0.15) is 11.1 Å². The molecule has 5 nitrogen and oxygen atoms in total. The lowest BCUT2D eigenvalue weighted by Gasteiger charge is -2.19. The zero-order valence-corrected chi connectivity index (χ0v) is 16.8. The summed E-state index contributed by atoms with van der Waals surface area (Å²) in [5.74, 6) is 1.43. The number of amides is 1. The van der Waals surface area contributed by atoms with Crippen LogP contribution in [0.5, 0.6) is 11.5 Å². The summed E-state index contributed by atoms with van der Waals surface area (Å²) in [6.45, 7) is 0.447. The summed E-state index contributed by atoms with van der Waals surface area (Å²) in [7, 11) is 5.03. The number of furan rings is 1. The van der Waals surface area contributed by atoms with E-state index in [-0.39, 0.29) is 12.3 Å². The minimum Gasteiger partial charge on any atom is -0.497 e. The molecule has 0 aliphatic heterocycles. The van der Waals surface area contributed by atoms with Crippen molar-refractivity contribution in [1.29, 1.82) is 0 Å². The lowest BCUT2D eigenvalue weighted by atomic mass is 10.0. The molecule has 0 radical (unpaired) electrons. The first kappa shape index (κ1) is 18.9. The van der Waals surface area contributed by atoms with Crippen LogP contribution in [0.3, 0.4) is 0 Å². The molecular formula is C24H23NO4. The zero-order chi connectivity index (χ0) is 20.4. The van der Waals surface area contributed by atoms with Crippen LogP contribution >= 0.6 is 0 Å². The van der Waals surface area contributed by atoms with Gasteiger partial charge in [0.2, 0.25) is 5.91 Å². The van der Waals surface area contributed by atoms with E-state index in [4.69, 9.17) is 13.9 Å². The number of ether oxygens (including phenoxy) is 2. The minimum absolute atomic E-state index is 0.0125. The van der Waals surface area contributed by atoms with Gasteiger partial charge in [0.15, 0.2) is 0 Å². The third-order valence-electron chi connectivity index (χ3n) is 5.21. The standard InChI is InChI=1S/C24H23NO4/c1-25(14-17-8-10-19(27-2)13-22(17)28-3)23(26)12-18-15-29-21-11-9-16-6-4-5-7-20(16)24(18)21/h4-11,13,15H,12,14H2,1-3H3. The lowest BCUT2D eigenvalue weighted by Crippen LogP contribution is -2.27. The second-order valence-electron chi connectivity index (χ2n) is 7.03. The van der Waals surface area contributed by atoms with Crippen LogP contribution in [0.25, 0.3) is 21.7 Å². The second kappa shape index (κ2) is 7.87. The second-order valence-corrected chi connectivity index (χ2v) is 7.03. The minimum atomic E-state index is 0.0125. The third kappa shape index (κ3) is 3.63. The highest BCUT2D eigenvalue weighted by atomic mass is 16.5. The van der Waals surface area contributed by atoms with Crippen molar-refractivity contribution in [1.82, 2.24) is 4.90 Å². The van der Waals surface area contributed by atoms with Gasteiger partial charge in [-0.2, -0.15) is 0 Å². The summed E-state index contributed by atoms with van der Waals surface area (Å²) in [6, 6.07) is 17.7. The van der Waals surface area contributed by atoms with Gasteiger partial charge in [0, 0.05) is 36.2 Å². The molecule has 0 fully saturated rings. The van der Waals surface area contributed by atoms with Crippen LogP contribution in [0.2, 0.25) is 0 Å². The molecule has 0 bridgehead atoms. The van der Waals surface area contributed by atoms with Crippen molar-refractivity contribution in [2.45, 2.75) is 13.0 Å². The summed E-state index contributed by atoms with van der Waals surface area (Å²) >= 11 is 0. The quantitative estimate of drug-likeness (QED) is 0.475. The molecule has 0 saturated carbocycles. The van der Waals surface area contributed by atoms with E-state index in [0.29, 0.717) is 12.3 Å². The van der Waals surface area contributed by atoms with Crippen LogP contribution in [0.15, 0.2) is 65.3 Å². The highest BCUT2D eigenvalue weighted by molar-refractivity contribution is 6.08. The maximum atomic E-state index is 12.9. The Morgan fingerprint density at radius 3 is 2.62 bits per heavy atom. The number of hydrogen-bond acceptors (Lipinski definition) is 4. The number of benzene rings is 3. The maximum absolute atomic E-state index is 12.9. The van der Waals surface area contributed by atoms with Crippen molar-refractivity contribution in [3.63, 3.8) is 0 Å². The molecule has 1 amide bonds. The molecule has 4 aromatic rings. The SMILES string of the molecule is COc1ccc(CN(C)C(=O)Cc2coc3ccc4ccccc4c23)c(OC)c1. The summed E-state index contributed by atoms with van der Waals surface area (Å²) in [5, 5.41) is 3.24. The lowest BCUT2D eigenvalue weighted by molar-refractivity contribution is -0.129. The topological polar surface area (TPSA) is 51.9 Å². The number of hydrogen-bond donors (Lipinski definition) is 0. The normalized spacial score (nSPS) is 11.0. The first-order valence-corrected chi connectivity index (χ1v) is 9.43. The molecule has 0 aliphatic rings. The molecule has 29 heavy (non-hydrogen) atoms. The number of likely N-dealkylation sites (N-methyl/N-ethyl adjacent to an activating group) is 1. The van der Waals surface area contributed by atoms with Crippen molar-refractivity contribution in [2.24, 2.45) is 0 Å². The van der Waals surface area contributed by atoms with Crippen molar-refractivity contribution in [3.05, 3.63) is 72.0 Å². The predicted octanol–water partition coefficient (Wildman–Crippen LogP) is 4.80. The van der Waals surface area contributed by atoms with Gasteiger partial charge in [-0.25, -0.2) is 0 Å². The first-order valence-electron chi connectivity index (χ1n) is 9.43. The molecule has 0 unspecified atom stereocenters. The van der Waals surface area contributed by atoms with Gasteiger partial charge >= 0.3 is 0 Å². The van der Waals surface area contributed by atoms with E-state index in [2.05, 4.69) is 12.1 Å². The van der Waals surface area contributed by atoms with E-state index in [1.807, 2.05) is 42.5 Å². The van der Waals surface area contributed by atoms with Gasteiger partial charge in [-0.15, -0.1) is 0 Å². The van der Waals surface area contributed by atoms with Crippen LogP contribution in [0.4, 0.5) is 0 Å². The molecule has 1 heterocycles. The van der Waals surface area contributed by atoms with Crippen LogP contribution in [-0.2, 0) is 17.8 Å². The van der Waals surface area contributed by atoms with E-state index in [1.165, 1.54) is 0 Å². The Kier molecular flexibility index (Phi) is 5.12. The Morgan fingerprint density at radius 2 is 1.83 bits per heavy atom. The molecule has 0 N–H and O–H groups in total. The average molecular weight is 389 g/mol. The van der Waals surface area contributed by atoms with E-state index in [1.54, 1.807) is 32.4 Å². The smallest absolute Gasteiger partial charge is 0.227 e. The first-order chi connectivity index (χ1) is 14.1. The summed E-state index contributed by atoms with van der Waals surface area (Å²) < 4.78 is 16.4. The summed E-state index contributed by atoms with van der Waals surface area (Å²) in [4.78, 5) is 14.6. The number of rotatable bonds is 6. The molecule has 0 atom stereocenters. The van der Waals surface area contributed by atoms with Gasteiger partial charge in [-0.3, -0.25) is 4.79 Å². The van der Waals surface area contributed by atoms with Crippen molar-refractivity contribution >= 4 is 27.6 Å². The van der Waals surface area contributed by atoms with E-state index in [0.717, 1.165) is 38.6 Å². The molecule has 0 aliphatic carbocycles. The van der Waals surface area contributed by atoms with Gasteiger partial charge in [0.1, 0.15) is 17.1 Å². The Bertz CT molecular complexity index is 1180. The highest BCUT2D eigenvalue weighted by Gasteiger charge is 2.17. The largest absolute Gasteiger partial charge is 0.497 e. The number of carbonyl (C=O) groups is 1. The van der Waals surface area contributed by atoms with E-state index >= 15 is 0 Å². The van der Waals surface area contributed by atoms with Crippen molar-refractivity contribution in [2.75, 3.05) is 21.3 Å². The molecule has 4 rings (SSSR count). The molecule has 148 valence electrons. The van der Waals surface area contributed by atoms with Crippen LogP contribution < -0.4 is 9.47 Å². The number of methoxy groups -OCH3 is 2. The zero-order valence-electron chi connectivity index (χ0n) is 16.8. The van der Waals surface area contributed by atoms with Gasteiger partial charge in [0.05, 0.1) is 26.9 Å². The van der Waals surface area contributed by atoms with Crippen LogP contribution in [-0.4, -0.2) is 32.1 Å². The van der Waals surface area contributed by atoms with Crippen molar-refractivity contribution < 1.29 is 18.7 Å². The molecule has 0 spiro atoms. The number of carbonyl (C=O) groups excluding carboxylic acids is 1. The van der Waals surface area contributed by atoms with Gasteiger partial charge in [-0.1, -0.05) is 30.3 Å². The Balaban J connectivity index is 1.58. The van der Waals surface area contributed by atoms with Gasteiger partial charge in [-0.05, 0) is 29.0 Å². The molecule has 3 aromatic carbocycles. The number of fused-ring (bicyclic) bond motifs is 3. The monoisotopic (exact) mass is 389 g/mol. The highest BCUT2D eigenvalue weighted by Crippen LogP contribution is 2.31. The fraction of sp³-hybridized carbons (Fsp3) is 0.208. The van der Waals surface area contributed by atoms with Crippen LogP contribution in [0, 0.1) is 0 Å². The summed E-state index contributed by atoms with van der Waals surface area (Å²) in [5.41, 5.74) is 2.62. The maximum Gasteiger partial charge on any atom is 0.227 e. The molecule has 5 heteroatoms. The average Bonchev–Trinajstić information content (AvgIpc) is 3.17. The Morgan fingerprint density at radius 1 is 1.00 bits per heavy atom. The Labute approximate surface area is 169 Å². The fourth-order valence-electron chi connectivity index (χ4n) is 3.63. The van der Waals surface area contributed by atoms with Gasteiger partial charge < -0.3 is 18.8 Å². The van der Waals surface area contributed by atoms with E-state index < -0.39 is 0 Å². The Hall–Kier alpha value is -3.47.